The fourth-order valence-electron chi connectivity index (χ4n) is 2.62. The quantitative estimate of drug-likeness (QED) is 0.171. The van der Waals surface area contributed by atoms with Crippen molar-refractivity contribution in [2.75, 3.05) is 33.3 Å². The van der Waals surface area contributed by atoms with E-state index in [2.05, 4.69) is 20.3 Å². The van der Waals surface area contributed by atoms with Gasteiger partial charge in [-0.15, -0.1) is 24.0 Å². The number of benzene rings is 2. The number of nitrogens with zero attached hydrogens (tertiary/aromatic N) is 1. The lowest BCUT2D eigenvalue weighted by Gasteiger charge is -2.18. The fraction of sp³-hybridized carbons (Fsp3) is 0.350. The summed E-state index contributed by atoms with van der Waals surface area (Å²) in [6.45, 7) is 3.03. The Morgan fingerprint density at radius 3 is 2.28 bits per heavy atom. The number of guanidine groups is 1. The molecule has 7 nitrogen and oxygen atoms in total. The average molecular weight is 532 g/mol. The molecular weight excluding hydrogens is 503 g/mol. The summed E-state index contributed by atoms with van der Waals surface area (Å²) in [7, 11) is -1.89. The lowest BCUT2D eigenvalue weighted by molar-refractivity contribution is 0.265. The van der Waals surface area contributed by atoms with Gasteiger partial charge in [0.1, 0.15) is 0 Å². The van der Waals surface area contributed by atoms with Crippen LogP contribution in [0, 0.1) is 6.92 Å². The van der Waals surface area contributed by atoms with Gasteiger partial charge in [0, 0.05) is 32.6 Å². The third kappa shape index (κ3) is 8.29. The summed E-state index contributed by atoms with van der Waals surface area (Å²) in [4.78, 5) is 4.37. The van der Waals surface area contributed by atoms with Crippen LogP contribution in [0.4, 0.5) is 0 Å². The van der Waals surface area contributed by atoms with E-state index >= 15 is 0 Å². The van der Waals surface area contributed by atoms with Gasteiger partial charge in [0.2, 0.25) is 10.0 Å². The van der Waals surface area contributed by atoms with Crippen LogP contribution >= 0.6 is 24.0 Å². The first-order valence-electron chi connectivity index (χ1n) is 9.13. The minimum atomic E-state index is -3.53. The first kappa shape index (κ1) is 25.3. The summed E-state index contributed by atoms with van der Waals surface area (Å²) in [5.41, 5.74) is 2.05. The van der Waals surface area contributed by atoms with Crippen LogP contribution in [0.25, 0.3) is 0 Å². The van der Waals surface area contributed by atoms with Gasteiger partial charge in [-0.25, -0.2) is 13.1 Å². The molecule has 1 atom stereocenters. The maximum absolute atomic E-state index is 12.3. The lowest BCUT2D eigenvalue weighted by atomic mass is 10.0. The standard InChI is InChI=1S/C20H28N4O3S.HI/c1-16-8-10-19(11-9-16)28(26,27)24-13-12-22-20(21-2)23-14-18(15-25)17-6-4-3-5-7-17;/h3-11,18,24-25H,12-15H2,1-2H3,(H2,21,22,23);1H. The van der Waals surface area contributed by atoms with Crippen molar-refractivity contribution in [2.24, 2.45) is 4.99 Å². The maximum Gasteiger partial charge on any atom is 0.240 e. The van der Waals surface area contributed by atoms with Gasteiger partial charge in [0.25, 0.3) is 0 Å². The molecule has 9 heteroatoms. The topological polar surface area (TPSA) is 103 Å². The van der Waals surface area contributed by atoms with Crippen LogP contribution in [0.3, 0.4) is 0 Å². The number of aliphatic imine (C=N–C) groups is 1. The second-order valence-corrected chi connectivity index (χ2v) is 8.15. The molecule has 0 heterocycles. The minimum Gasteiger partial charge on any atom is -0.396 e. The highest BCUT2D eigenvalue weighted by atomic mass is 127. The highest BCUT2D eigenvalue weighted by Crippen LogP contribution is 2.13. The average Bonchev–Trinajstić information content (AvgIpc) is 2.71. The summed E-state index contributed by atoms with van der Waals surface area (Å²) in [6.07, 6.45) is 0. The highest BCUT2D eigenvalue weighted by Gasteiger charge is 2.13. The maximum atomic E-state index is 12.3. The molecule has 4 N–H and O–H groups in total. The highest BCUT2D eigenvalue weighted by molar-refractivity contribution is 14.0. The number of rotatable bonds is 9. The van der Waals surface area contributed by atoms with E-state index in [1.165, 1.54) is 0 Å². The third-order valence-electron chi connectivity index (χ3n) is 4.27. The monoisotopic (exact) mass is 532 g/mol. The zero-order valence-corrected chi connectivity index (χ0v) is 19.8. The number of halogens is 1. The van der Waals surface area contributed by atoms with Gasteiger partial charge in [0.15, 0.2) is 5.96 Å². The lowest BCUT2D eigenvalue weighted by Crippen LogP contribution is -2.43. The summed E-state index contributed by atoms with van der Waals surface area (Å²) in [5.74, 6) is 0.490. The van der Waals surface area contributed by atoms with E-state index in [4.69, 9.17) is 0 Å². The van der Waals surface area contributed by atoms with E-state index in [-0.39, 0.29) is 47.9 Å². The van der Waals surface area contributed by atoms with Crippen molar-refractivity contribution in [3.63, 3.8) is 0 Å². The van der Waals surface area contributed by atoms with E-state index in [9.17, 15) is 13.5 Å². The van der Waals surface area contributed by atoms with Crippen LogP contribution in [-0.4, -0.2) is 52.8 Å². The van der Waals surface area contributed by atoms with Crippen molar-refractivity contribution >= 4 is 40.0 Å². The third-order valence-corrected chi connectivity index (χ3v) is 5.75. The summed E-state index contributed by atoms with van der Waals surface area (Å²) >= 11 is 0. The molecule has 2 aromatic carbocycles. The molecule has 29 heavy (non-hydrogen) atoms. The first-order chi connectivity index (χ1) is 13.5. The summed E-state index contributed by atoms with van der Waals surface area (Å²) in [5, 5.41) is 15.8. The second kappa shape index (κ2) is 12.8. The molecule has 0 aliphatic heterocycles. The van der Waals surface area contributed by atoms with Crippen LogP contribution in [0.1, 0.15) is 17.0 Å². The van der Waals surface area contributed by atoms with E-state index < -0.39 is 10.0 Å². The van der Waals surface area contributed by atoms with Crippen LogP contribution in [0.15, 0.2) is 64.5 Å². The molecule has 0 fully saturated rings. The first-order valence-corrected chi connectivity index (χ1v) is 10.6. The van der Waals surface area contributed by atoms with Gasteiger partial charge >= 0.3 is 0 Å². The van der Waals surface area contributed by atoms with Crippen LogP contribution in [0.2, 0.25) is 0 Å². The van der Waals surface area contributed by atoms with E-state index in [0.29, 0.717) is 19.0 Å². The largest absolute Gasteiger partial charge is 0.396 e. The molecule has 0 saturated carbocycles. The van der Waals surface area contributed by atoms with Crippen molar-refractivity contribution < 1.29 is 13.5 Å². The van der Waals surface area contributed by atoms with Gasteiger partial charge < -0.3 is 15.7 Å². The molecule has 2 aromatic rings. The molecule has 0 radical (unpaired) electrons. The fourth-order valence-corrected chi connectivity index (χ4v) is 3.65. The number of aliphatic hydroxyl groups excluding tert-OH is 1. The molecule has 0 bridgehead atoms. The number of nitrogens with one attached hydrogen (secondary N) is 3. The second-order valence-electron chi connectivity index (χ2n) is 6.38. The Bertz CT molecular complexity index is 859. The molecule has 0 saturated heterocycles. The number of aliphatic hydroxyl groups is 1. The van der Waals surface area contributed by atoms with Crippen molar-refractivity contribution in [1.29, 1.82) is 0 Å². The molecule has 1 unspecified atom stereocenters. The molecule has 0 spiro atoms. The normalized spacial score (nSPS) is 12.7. The van der Waals surface area contributed by atoms with Crippen LogP contribution < -0.4 is 15.4 Å². The van der Waals surface area contributed by atoms with E-state index in [1.54, 1.807) is 31.3 Å². The summed E-state index contributed by atoms with van der Waals surface area (Å²) < 4.78 is 27.1. The number of hydrogen-bond acceptors (Lipinski definition) is 4. The van der Waals surface area contributed by atoms with E-state index in [1.807, 2.05) is 37.3 Å². The van der Waals surface area contributed by atoms with Crippen molar-refractivity contribution in [3.8, 4) is 0 Å². The minimum absolute atomic E-state index is 0. The van der Waals surface area contributed by atoms with Crippen LogP contribution in [0.5, 0.6) is 0 Å². The van der Waals surface area contributed by atoms with Gasteiger partial charge in [-0.3, -0.25) is 4.99 Å². The Morgan fingerprint density at radius 1 is 1.03 bits per heavy atom. The van der Waals surface area contributed by atoms with Crippen molar-refractivity contribution in [2.45, 2.75) is 17.7 Å². The molecule has 0 aliphatic rings. The molecule has 0 amide bonds. The SMILES string of the molecule is CN=C(NCCNS(=O)(=O)c1ccc(C)cc1)NCC(CO)c1ccccc1.I. The summed E-state index contributed by atoms with van der Waals surface area (Å²) in [6, 6.07) is 16.5. The molecule has 0 aliphatic carbocycles. The molecule has 0 aromatic heterocycles. The molecule has 2 rings (SSSR count). The Balaban J connectivity index is 0.00000420. The Morgan fingerprint density at radius 2 is 1.69 bits per heavy atom. The number of aryl methyl sites for hydroxylation is 1. The molecule has 160 valence electrons. The smallest absolute Gasteiger partial charge is 0.240 e. The predicted octanol–water partition coefficient (Wildman–Crippen LogP) is 1.83. The van der Waals surface area contributed by atoms with Gasteiger partial charge in [-0.1, -0.05) is 48.0 Å². The Kier molecular flexibility index (Phi) is 11.2. The van der Waals surface area contributed by atoms with Crippen molar-refractivity contribution in [3.05, 3.63) is 65.7 Å². The molecular formula is C20H29IN4O3S. The van der Waals surface area contributed by atoms with Crippen LogP contribution in [-0.2, 0) is 10.0 Å². The zero-order chi connectivity index (χ0) is 20.4. The Hall–Kier alpha value is -1.69. The van der Waals surface area contributed by atoms with Crippen molar-refractivity contribution in [1.82, 2.24) is 15.4 Å². The van der Waals surface area contributed by atoms with E-state index in [0.717, 1.165) is 11.1 Å². The Labute approximate surface area is 190 Å². The van der Waals surface area contributed by atoms with Gasteiger partial charge in [-0.05, 0) is 24.6 Å². The van der Waals surface area contributed by atoms with Gasteiger partial charge in [0.05, 0.1) is 11.5 Å². The zero-order valence-electron chi connectivity index (χ0n) is 16.6. The number of sulfonamides is 1. The van der Waals surface area contributed by atoms with Gasteiger partial charge in [-0.2, -0.15) is 0 Å². The number of hydrogen-bond donors (Lipinski definition) is 4. The predicted molar refractivity (Wildman–Crippen MR) is 127 cm³/mol.